The fraction of sp³-hybridized carbons (Fsp3) is 0.400. The largest absolute Gasteiger partial charge is 0.385 e. The molecule has 0 amide bonds. The van der Waals surface area contributed by atoms with Crippen molar-refractivity contribution in [2.45, 2.75) is 51.6 Å². The monoisotopic (exact) mass is 326 g/mol. The van der Waals surface area contributed by atoms with Crippen molar-refractivity contribution in [1.29, 1.82) is 0 Å². The van der Waals surface area contributed by atoms with Gasteiger partial charge in [0.1, 0.15) is 12.2 Å². The highest BCUT2D eigenvalue weighted by molar-refractivity contribution is 6.84. The average molecular weight is 327 g/mol. The lowest BCUT2D eigenvalue weighted by Gasteiger charge is -2.39. The van der Waals surface area contributed by atoms with Gasteiger partial charge in [0.15, 0.2) is 0 Å². The van der Waals surface area contributed by atoms with Crippen LogP contribution in [0.5, 0.6) is 0 Å². The maximum absolute atomic E-state index is 10.3. The second-order valence-corrected chi connectivity index (χ2v) is 12.0. The summed E-state index contributed by atoms with van der Waals surface area (Å²) in [5, 5.41) is 21.6. The Labute approximate surface area is 140 Å². The minimum absolute atomic E-state index is 0.812. The summed E-state index contributed by atoms with van der Waals surface area (Å²) in [5.41, 5.74) is 2.69. The molecule has 0 saturated heterocycles. The lowest BCUT2D eigenvalue weighted by molar-refractivity contribution is 0.0354. The van der Waals surface area contributed by atoms with Crippen LogP contribution in [0.15, 0.2) is 46.7 Å². The Kier molecular flexibility index (Phi) is 5.64. The van der Waals surface area contributed by atoms with Crippen LogP contribution in [0.3, 0.4) is 0 Å². The van der Waals surface area contributed by atoms with Gasteiger partial charge < -0.3 is 10.2 Å². The lowest BCUT2D eigenvalue weighted by atomic mass is 9.78. The van der Waals surface area contributed by atoms with E-state index in [1.807, 2.05) is 36.4 Å². The van der Waals surface area contributed by atoms with Gasteiger partial charge in [0, 0.05) is 6.42 Å². The van der Waals surface area contributed by atoms with E-state index in [1.54, 1.807) is 0 Å². The molecule has 1 saturated carbocycles. The van der Waals surface area contributed by atoms with Crippen molar-refractivity contribution in [3.05, 3.63) is 52.2 Å². The lowest BCUT2D eigenvalue weighted by Crippen LogP contribution is -2.45. The molecule has 0 aromatic heterocycles. The molecule has 2 rings (SSSR count). The summed E-state index contributed by atoms with van der Waals surface area (Å²) in [7, 11) is -1.71. The zero-order valence-corrected chi connectivity index (χ0v) is 15.4. The van der Waals surface area contributed by atoms with E-state index >= 15 is 0 Å². The van der Waals surface area contributed by atoms with E-state index < -0.39 is 20.3 Å². The molecule has 2 nitrogen and oxygen atoms in total. The maximum atomic E-state index is 10.3. The molecule has 0 radical (unpaired) electrons. The quantitative estimate of drug-likeness (QED) is 0.655. The Bertz CT molecular complexity index is 669. The summed E-state index contributed by atoms with van der Waals surface area (Å²) in [6.07, 6.45) is 2.22. The Morgan fingerprint density at radius 1 is 1.13 bits per heavy atom. The summed E-state index contributed by atoms with van der Waals surface area (Å²) >= 11 is 0. The molecule has 0 unspecified atom stereocenters. The molecular formula is C20H26O2Si. The highest BCUT2D eigenvalue weighted by Gasteiger charge is 2.42. The highest BCUT2D eigenvalue weighted by atomic mass is 28.3. The molecule has 0 aliphatic heterocycles. The zero-order chi connectivity index (χ0) is 17.0. The predicted molar refractivity (Wildman–Crippen MR) is 99.5 cm³/mol. The van der Waals surface area contributed by atoms with Crippen LogP contribution in [0.1, 0.15) is 25.3 Å². The predicted octanol–water partition coefficient (Wildman–Crippen LogP) is 3.78. The number of hydrogen-bond acceptors (Lipinski definition) is 2. The van der Waals surface area contributed by atoms with Crippen LogP contribution in [0, 0.1) is 11.8 Å². The van der Waals surface area contributed by atoms with Crippen molar-refractivity contribution < 1.29 is 10.2 Å². The van der Waals surface area contributed by atoms with Crippen LogP contribution in [0.2, 0.25) is 19.6 Å². The number of benzene rings is 1. The SMILES string of the molecule is CCCC#C/C(=C1\C(=C/c2ccccc2)[C@@H](O)[C@H]1O)[Si](C)(C)C. The van der Waals surface area contributed by atoms with Crippen molar-refractivity contribution in [3.8, 4) is 11.8 Å². The fourth-order valence-corrected chi connectivity index (χ4v) is 4.24. The second-order valence-electron chi connectivity index (χ2n) is 6.99. The molecule has 2 atom stereocenters. The molecule has 0 spiro atoms. The van der Waals surface area contributed by atoms with E-state index in [0.717, 1.165) is 34.7 Å². The maximum Gasteiger partial charge on any atom is 0.110 e. The fourth-order valence-electron chi connectivity index (χ4n) is 2.68. The first-order chi connectivity index (χ1) is 10.9. The van der Waals surface area contributed by atoms with Gasteiger partial charge in [0.25, 0.3) is 0 Å². The van der Waals surface area contributed by atoms with Gasteiger partial charge in [-0.25, -0.2) is 0 Å². The topological polar surface area (TPSA) is 40.5 Å². The third-order valence-electron chi connectivity index (χ3n) is 3.95. The molecule has 3 heteroatoms. The van der Waals surface area contributed by atoms with E-state index in [0.29, 0.717) is 0 Å². The van der Waals surface area contributed by atoms with Crippen LogP contribution >= 0.6 is 0 Å². The number of unbranched alkanes of at least 4 members (excludes halogenated alkanes) is 1. The van der Waals surface area contributed by atoms with Crippen LogP contribution in [-0.4, -0.2) is 30.5 Å². The Balaban J connectivity index is 2.51. The second kappa shape index (κ2) is 7.31. The zero-order valence-electron chi connectivity index (χ0n) is 14.4. The van der Waals surface area contributed by atoms with Gasteiger partial charge in [-0.3, -0.25) is 0 Å². The van der Waals surface area contributed by atoms with Gasteiger partial charge in [-0.2, -0.15) is 0 Å². The van der Waals surface area contributed by atoms with Crippen molar-refractivity contribution in [2.75, 3.05) is 0 Å². The summed E-state index contributed by atoms with van der Waals surface area (Å²) < 4.78 is 0. The number of rotatable bonds is 3. The molecular weight excluding hydrogens is 300 g/mol. The van der Waals surface area contributed by atoms with Gasteiger partial charge in [0.05, 0.1) is 8.07 Å². The van der Waals surface area contributed by atoms with Crippen molar-refractivity contribution in [3.63, 3.8) is 0 Å². The van der Waals surface area contributed by atoms with E-state index in [9.17, 15) is 10.2 Å². The minimum atomic E-state index is -1.71. The molecule has 1 aromatic rings. The van der Waals surface area contributed by atoms with Gasteiger partial charge in [0.2, 0.25) is 0 Å². The van der Waals surface area contributed by atoms with E-state index in [-0.39, 0.29) is 0 Å². The van der Waals surface area contributed by atoms with E-state index in [1.165, 1.54) is 0 Å². The summed E-state index contributed by atoms with van der Waals surface area (Å²) in [5.74, 6) is 6.53. The first-order valence-corrected chi connectivity index (χ1v) is 11.7. The molecule has 1 aromatic carbocycles. The Hall–Kier alpha value is -1.60. The van der Waals surface area contributed by atoms with Crippen LogP contribution in [-0.2, 0) is 0 Å². The van der Waals surface area contributed by atoms with E-state index in [4.69, 9.17) is 0 Å². The summed E-state index contributed by atoms with van der Waals surface area (Å²) in [6.45, 7) is 8.80. The minimum Gasteiger partial charge on any atom is -0.385 e. The van der Waals surface area contributed by atoms with Crippen LogP contribution in [0.4, 0.5) is 0 Å². The molecule has 122 valence electrons. The van der Waals surface area contributed by atoms with Gasteiger partial charge in [-0.15, -0.1) is 0 Å². The van der Waals surface area contributed by atoms with Gasteiger partial charge in [-0.1, -0.05) is 68.7 Å². The van der Waals surface area contributed by atoms with Crippen molar-refractivity contribution in [1.82, 2.24) is 0 Å². The first-order valence-electron chi connectivity index (χ1n) is 8.23. The van der Waals surface area contributed by atoms with Gasteiger partial charge in [-0.05, 0) is 34.4 Å². The number of hydrogen-bond donors (Lipinski definition) is 2. The summed E-state index contributed by atoms with van der Waals surface area (Å²) in [6, 6.07) is 9.90. The number of aliphatic hydroxyl groups is 2. The molecule has 1 aliphatic carbocycles. The highest BCUT2D eigenvalue weighted by Crippen LogP contribution is 2.40. The van der Waals surface area contributed by atoms with Crippen LogP contribution < -0.4 is 0 Å². The summed E-state index contributed by atoms with van der Waals surface area (Å²) in [4.78, 5) is 0. The third-order valence-corrected chi connectivity index (χ3v) is 5.85. The number of allylic oxidation sites excluding steroid dienone is 1. The van der Waals surface area contributed by atoms with Gasteiger partial charge >= 0.3 is 0 Å². The van der Waals surface area contributed by atoms with Crippen LogP contribution in [0.25, 0.3) is 6.08 Å². The standard InChI is InChI=1S/C20H26O2Si/c1-5-6-8-13-17(23(2,3)4)18-16(19(21)20(18)22)14-15-11-9-7-10-12-15/h7,9-12,14,19-22H,5-6H2,1-4H3/b16-14+,18-17-/t19-,20+/m1/s1. The molecule has 0 heterocycles. The van der Waals surface area contributed by atoms with Crippen molar-refractivity contribution >= 4 is 14.1 Å². The molecule has 0 bridgehead atoms. The molecule has 23 heavy (non-hydrogen) atoms. The normalized spacial score (nSPS) is 24.7. The van der Waals surface area contributed by atoms with E-state index in [2.05, 4.69) is 38.4 Å². The van der Waals surface area contributed by atoms with Crippen molar-refractivity contribution in [2.24, 2.45) is 0 Å². The number of aliphatic hydroxyl groups excluding tert-OH is 2. The average Bonchev–Trinajstić information content (AvgIpc) is 2.52. The third kappa shape index (κ3) is 4.03. The molecule has 2 N–H and O–H groups in total. The molecule has 1 aliphatic rings. The molecule has 1 fully saturated rings. The Morgan fingerprint density at radius 3 is 2.35 bits per heavy atom. The Morgan fingerprint density at radius 2 is 1.78 bits per heavy atom. The first kappa shape index (κ1) is 17.7. The smallest absolute Gasteiger partial charge is 0.110 e.